The summed E-state index contributed by atoms with van der Waals surface area (Å²) in [5.41, 5.74) is 0. The Bertz CT molecular complexity index is 14.4. The fraction of sp³-hybridized carbons (Fsp3) is 0.750. The van der Waals surface area contributed by atoms with Crippen molar-refractivity contribution >= 4 is 0 Å². The fourth-order valence-electron chi connectivity index (χ4n) is 0. The summed E-state index contributed by atoms with van der Waals surface area (Å²) in [6.07, 6.45) is 0. The molecule has 7 heavy (non-hydrogen) atoms. The molecule has 0 fully saturated rings. The first-order chi connectivity index (χ1) is 3.33. The van der Waals surface area contributed by atoms with Crippen LogP contribution in [0.25, 0.3) is 0 Å². The summed E-state index contributed by atoms with van der Waals surface area (Å²) in [5.74, 6) is 0. The van der Waals surface area contributed by atoms with E-state index < -0.39 is 0 Å². The first kappa shape index (κ1) is 11.4. The Hall–Kier alpha value is 1.56. The van der Waals surface area contributed by atoms with Gasteiger partial charge in [-0.3, -0.25) is 0 Å². The molecule has 0 heterocycles. The molecule has 0 aromatic heterocycles. The van der Waals surface area contributed by atoms with Crippen LogP contribution in [0, 0.1) is 6.92 Å². The minimum absolute atomic E-state index is 0.750. The van der Waals surface area contributed by atoms with Gasteiger partial charge in [-0.25, -0.2) is 0 Å². The van der Waals surface area contributed by atoms with Gasteiger partial charge in [0.15, 0.2) is 0 Å². The second kappa shape index (κ2) is 15.6. The first-order valence-electron chi connectivity index (χ1n) is 1.75. The van der Waals surface area contributed by atoms with Crippen LogP contribution in [-0.2, 0) is 48.0 Å². The second-order valence-corrected chi connectivity index (χ2v) is 2.19. The molecule has 0 spiro atoms. The fourth-order valence-corrected chi connectivity index (χ4v) is 0. The van der Waals surface area contributed by atoms with Crippen molar-refractivity contribution in [2.24, 2.45) is 0 Å². The van der Waals surface area contributed by atoms with Gasteiger partial charge >= 0.3 is 70.9 Å². The Kier molecular flexibility index (Phi) is 25.4. The molecule has 0 nitrogen and oxygen atoms in total. The number of hydrogen-bond acceptors (Lipinski definition) is 0. The van der Waals surface area contributed by atoms with E-state index in [1.165, 1.54) is 0 Å². The summed E-state index contributed by atoms with van der Waals surface area (Å²) in [7, 11) is 0. The molecular formula is C4H8Fe3. The minimum atomic E-state index is 0.750. The van der Waals surface area contributed by atoms with Gasteiger partial charge in [0.1, 0.15) is 0 Å². The van der Waals surface area contributed by atoms with Crippen LogP contribution in [0.4, 0.5) is 0 Å². The Morgan fingerprint density at radius 1 is 1.00 bits per heavy atom. The third-order valence-electron chi connectivity index (χ3n) is 0.0625. The van der Waals surface area contributed by atoms with Crippen molar-refractivity contribution in [2.75, 3.05) is 0 Å². The summed E-state index contributed by atoms with van der Waals surface area (Å²) < 4.78 is 0. The van der Waals surface area contributed by atoms with Crippen molar-refractivity contribution in [3.63, 3.8) is 0 Å². The molecule has 0 saturated carbocycles. The average molecular weight is 224 g/mol. The van der Waals surface area contributed by atoms with E-state index in [1.807, 2.05) is 0 Å². The zero-order valence-corrected chi connectivity index (χ0v) is 7.20. The van der Waals surface area contributed by atoms with Crippen molar-refractivity contribution in [1.82, 2.24) is 0 Å². The summed E-state index contributed by atoms with van der Waals surface area (Å²) in [5, 5.41) is 2.67. The van der Waals surface area contributed by atoms with E-state index in [9.17, 15) is 0 Å². The average Bonchev–Trinajstić information content (AvgIpc) is 1.69. The van der Waals surface area contributed by atoms with Crippen molar-refractivity contribution in [3.8, 4) is 0 Å². The molecule has 0 N–H and O–H groups in total. The van der Waals surface area contributed by atoms with Gasteiger partial charge in [-0.2, -0.15) is 0 Å². The maximum absolute atomic E-state index is 3.54. The molecule has 0 aliphatic carbocycles. The standard InChI is InChI=1S/2C2H4.3Fe/c2*1-2;;;/h2*1-2H2;;;. The Labute approximate surface area is 70.6 Å². The maximum atomic E-state index is 3.54. The first-order valence-corrected chi connectivity index (χ1v) is 4.09. The van der Waals surface area contributed by atoms with E-state index >= 15 is 0 Å². The molecule has 0 aromatic rings. The van der Waals surface area contributed by atoms with Gasteiger partial charge < -0.3 is 0 Å². The topological polar surface area (TPSA) is 0 Å². The summed E-state index contributed by atoms with van der Waals surface area (Å²) in [6, 6.07) is 0. The molecule has 48 valence electrons. The zero-order chi connectivity index (χ0) is 6.12. The molecule has 0 bridgehead atoms. The van der Waals surface area contributed by atoms with Crippen molar-refractivity contribution < 1.29 is 48.0 Å². The number of hydrogen-bond donors (Lipinski definition) is 0. The number of rotatable bonds is 1. The van der Waals surface area contributed by atoms with Crippen LogP contribution in [0.5, 0.6) is 0 Å². The van der Waals surface area contributed by atoms with Gasteiger partial charge in [-0.1, -0.05) is 0 Å². The van der Waals surface area contributed by atoms with Gasteiger partial charge in [-0.15, -0.1) is 0 Å². The van der Waals surface area contributed by atoms with E-state index in [4.69, 9.17) is 0 Å². The van der Waals surface area contributed by atoms with Crippen molar-refractivity contribution in [1.29, 1.82) is 0 Å². The van der Waals surface area contributed by atoms with E-state index in [0.717, 1.165) is 16.0 Å². The van der Waals surface area contributed by atoms with E-state index in [2.05, 4.69) is 55.0 Å². The van der Waals surface area contributed by atoms with Gasteiger partial charge in [0, 0.05) is 0 Å². The molecule has 0 amide bonds. The normalized spacial score (nSPS) is 6.86. The van der Waals surface area contributed by atoms with Crippen LogP contribution in [0.15, 0.2) is 0 Å². The quantitative estimate of drug-likeness (QED) is 0.594. The van der Waals surface area contributed by atoms with E-state index in [1.54, 1.807) is 0 Å². The Balaban J connectivity index is 0. The van der Waals surface area contributed by atoms with Gasteiger partial charge in [0.05, 0.1) is 0 Å². The Morgan fingerprint density at radius 2 is 1.14 bits per heavy atom. The predicted molar refractivity (Wildman–Crippen MR) is 19.8 cm³/mol. The molecule has 1 radical (unpaired) electrons. The van der Waals surface area contributed by atoms with Crippen LogP contribution >= 0.6 is 0 Å². The molecule has 0 aliphatic rings. The molecule has 0 aromatic carbocycles. The van der Waals surface area contributed by atoms with Crippen LogP contribution < -0.4 is 0 Å². The molecule has 0 saturated heterocycles. The van der Waals surface area contributed by atoms with Gasteiger partial charge in [0.2, 0.25) is 0 Å². The van der Waals surface area contributed by atoms with Crippen LogP contribution in [0.3, 0.4) is 0 Å². The Morgan fingerprint density at radius 3 is 1.14 bits per heavy atom. The third kappa shape index (κ3) is 35.7. The van der Waals surface area contributed by atoms with E-state index in [0.29, 0.717) is 0 Å². The third-order valence-corrected chi connectivity index (χ3v) is 1.06. The van der Waals surface area contributed by atoms with Crippen LogP contribution in [-0.4, -0.2) is 0 Å². The van der Waals surface area contributed by atoms with Gasteiger partial charge in [0.25, 0.3) is 0 Å². The van der Waals surface area contributed by atoms with Crippen molar-refractivity contribution in [3.05, 3.63) is 6.92 Å². The summed E-state index contributed by atoms with van der Waals surface area (Å²) in [4.78, 5) is 0. The molecule has 0 aliphatic heterocycles. The predicted octanol–water partition coefficient (Wildman–Crippen LogP) is 1.70. The SMILES string of the molecule is [CH2][CH2][Fe].[Fe][CH2][CH2][Fe]. The summed E-state index contributed by atoms with van der Waals surface area (Å²) >= 11 is 10.5. The summed E-state index contributed by atoms with van der Waals surface area (Å²) in [6.45, 7) is 3.38. The molecule has 0 rings (SSSR count). The molecule has 3 heteroatoms. The van der Waals surface area contributed by atoms with E-state index in [-0.39, 0.29) is 0 Å². The molecule has 0 unspecified atom stereocenters. The van der Waals surface area contributed by atoms with Crippen LogP contribution in [0.1, 0.15) is 0 Å². The zero-order valence-electron chi connectivity index (χ0n) is 3.89. The molecule has 0 atom stereocenters. The van der Waals surface area contributed by atoms with Crippen molar-refractivity contribution in [2.45, 2.75) is 16.0 Å². The second-order valence-electron chi connectivity index (χ2n) is 0.530. The monoisotopic (exact) mass is 224 g/mol. The van der Waals surface area contributed by atoms with Gasteiger partial charge in [-0.05, 0) is 0 Å². The molecular weight excluding hydrogens is 216 g/mol. The van der Waals surface area contributed by atoms with Crippen LogP contribution in [0.2, 0.25) is 16.0 Å².